The molecule has 0 radical (unpaired) electrons. The molecular formula is C11H14O2. The van der Waals surface area contributed by atoms with Crippen LogP contribution in [0.2, 0.25) is 0 Å². The molecule has 13 heavy (non-hydrogen) atoms. The summed E-state index contributed by atoms with van der Waals surface area (Å²) in [6, 6.07) is 0. The molecule has 3 fully saturated rings. The van der Waals surface area contributed by atoms with Crippen molar-refractivity contribution in [3.05, 3.63) is 12.2 Å². The quantitative estimate of drug-likeness (QED) is 0.524. The van der Waals surface area contributed by atoms with Gasteiger partial charge in [0.15, 0.2) is 5.79 Å². The molecule has 70 valence electrons. The van der Waals surface area contributed by atoms with E-state index in [2.05, 4.69) is 12.2 Å². The van der Waals surface area contributed by atoms with Crippen molar-refractivity contribution in [3.8, 4) is 0 Å². The molecule has 2 heteroatoms. The molecule has 2 nitrogen and oxygen atoms in total. The summed E-state index contributed by atoms with van der Waals surface area (Å²) in [6.07, 6.45) is 5.48. The fourth-order valence-electron chi connectivity index (χ4n) is 3.72. The summed E-state index contributed by atoms with van der Waals surface area (Å²) in [6.45, 7) is 4.06. The van der Waals surface area contributed by atoms with Gasteiger partial charge in [-0.1, -0.05) is 12.2 Å². The first-order valence-corrected chi connectivity index (χ1v) is 5.21. The maximum absolute atomic E-state index is 5.95. The highest BCUT2D eigenvalue weighted by molar-refractivity contribution is 5.31. The second-order valence-electron chi connectivity index (χ2n) is 5.26. The van der Waals surface area contributed by atoms with Crippen LogP contribution >= 0.6 is 0 Å². The van der Waals surface area contributed by atoms with E-state index in [0.717, 1.165) is 17.8 Å². The van der Waals surface area contributed by atoms with E-state index in [-0.39, 0.29) is 5.79 Å². The Kier molecular flexibility index (Phi) is 0.935. The topological polar surface area (TPSA) is 18.5 Å². The van der Waals surface area contributed by atoms with Gasteiger partial charge in [-0.05, 0) is 31.6 Å². The third kappa shape index (κ3) is 0.658. The second-order valence-corrected chi connectivity index (χ2v) is 5.26. The van der Waals surface area contributed by atoms with Crippen LogP contribution in [-0.2, 0) is 9.47 Å². The standard InChI is InChI=1S/C11H14O2/c1-11(2)12-9-6-4-3-5-7(6)8(5)10(9)13-11/h3-10H,1-2H3/t5-,6?,7-,8+,9-,10?/m0/s1. The molecule has 0 bridgehead atoms. The number of allylic oxidation sites excluding steroid dienone is 1. The SMILES string of the molecule is CC1(C)OC2[C@@H](O1)C1C=C[C@H]3[C@@H]1[C@H]23. The van der Waals surface area contributed by atoms with Crippen molar-refractivity contribution in [1.82, 2.24) is 0 Å². The molecule has 4 rings (SSSR count). The van der Waals surface area contributed by atoms with E-state index in [9.17, 15) is 0 Å². The van der Waals surface area contributed by atoms with E-state index in [1.165, 1.54) is 0 Å². The van der Waals surface area contributed by atoms with Gasteiger partial charge in [0.05, 0.1) is 12.2 Å². The van der Waals surface area contributed by atoms with E-state index in [4.69, 9.17) is 9.47 Å². The fraction of sp³-hybridized carbons (Fsp3) is 0.818. The highest BCUT2D eigenvalue weighted by atomic mass is 16.8. The van der Waals surface area contributed by atoms with Gasteiger partial charge in [-0.15, -0.1) is 0 Å². The summed E-state index contributed by atoms with van der Waals surface area (Å²) in [7, 11) is 0. The van der Waals surface area contributed by atoms with E-state index in [1.807, 2.05) is 13.8 Å². The van der Waals surface area contributed by atoms with Crippen molar-refractivity contribution >= 4 is 0 Å². The molecule has 2 unspecified atom stereocenters. The predicted octanol–water partition coefficient (Wildman–Crippen LogP) is 1.57. The molecule has 0 aromatic carbocycles. The molecule has 1 heterocycles. The van der Waals surface area contributed by atoms with Crippen molar-refractivity contribution in [3.63, 3.8) is 0 Å². The third-order valence-electron chi connectivity index (χ3n) is 4.11. The Morgan fingerprint density at radius 2 is 1.62 bits per heavy atom. The molecule has 1 aliphatic heterocycles. The maximum Gasteiger partial charge on any atom is 0.163 e. The van der Waals surface area contributed by atoms with Crippen LogP contribution in [0.3, 0.4) is 0 Å². The number of ether oxygens (including phenoxy) is 2. The minimum Gasteiger partial charge on any atom is -0.344 e. The molecule has 0 aromatic heterocycles. The maximum atomic E-state index is 5.95. The number of hydrogen-bond donors (Lipinski definition) is 0. The average molecular weight is 178 g/mol. The van der Waals surface area contributed by atoms with Crippen molar-refractivity contribution in [2.75, 3.05) is 0 Å². The zero-order valence-corrected chi connectivity index (χ0v) is 7.94. The summed E-state index contributed by atoms with van der Waals surface area (Å²) in [4.78, 5) is 0. The molecule has 0 amide bonds. The van der Waals surface area contributed by atoms with Gasteiger partial charge in [0.2, 0.25) is 0 Å². The van der Waals surface area contributed by atoms with Crippen molar-refractivity contribution in [2.24, 2.45) is 23.7 Å². The first-order valence-electron chi connectivity index (χ1n) is 5.21. The van der Waals surface area contributed by atoms with Gasteiger partial charge in [-0.25, -0.2) is 0 Å². The summed E-state index contributed by atoms with van der Waals surface area (Å²) < 4.78 is 11.9. The van der Waals surface area contributed by atoms with Crippen molar-refractivity contribution in [2.45, 2.75) is 31.8 Å². The van der Waals surface area contributed by atoms with Crippen LogP contribution in [0.15, 0.2) is 12.2 Å². The Labute approximate surface area is 77.9 Å². The summed E-state index contributed by atoms with van der Waals surface area (Å²) in [5.41, 5.74) is 0. The normalized spacial score (nSPS) is 63.8. The van der Waals surface area contributed by atoms with Gasteiger partial charge in [0.25, 0.3) is 0 Å². The second kappa shape index (κ2) is 1.73. The molecular weight excluding hydrogens is 164 g/mol. The fourth-order valence-corrected chi connectivity index (χ4v) is 3.72. The zero-order valence-electron chi connectivity index (χ0n) is 7.94. The molecule has 6 atom stereocenters. The van der Waals surface area contributed by atoms with Crippen molar-refractivity contribution < 1.29 is 9.47 Å². The third-order valence-corrected chi connectivity index (χ3v) is 4.11. The van der Waals surface area contributed by atoms with Gasteiger partial charge in [-0.3, -0.25) is 0 Å². The average Bonchev–Trinajstić information content (AvgIpc) is 2.33. The molecule has 0 spiro atoms. The number of rotatable bonds is 0. The first kappa shape index (κ1) is 7.02. The molecule has 1 saturated heterocycles. The van der Waals surface area contributed by atoms with Gasteiger partial charge in [0, 0.05) is 5.92 Å². The van der Waals surface area contributed by atoms with Crippen LogP contribution in [-0.4, -0.2) is 18.0 Å². The van der Waals surface area contributed by atoms with Gasteiger partial charge >= 0.3 is 0 Å². The number of fused-ring (bicyclic) bond motifs is 4. The van der Waals surface area contributed by atoms with Crippen molar-refractivity contribution in [1.29, 1.82) is 0 Å². The molecule has 0 N–H and O–H groups in total. The lowest BCUT2D eigenvalue weighted by Crippen LogP contribution is -2.26. The molecule has 4 aliphatic rings. The Morgan fingerprint density at radius 1 is 0.923 bits per heavy atom. The van der Waals surface area contributed by atoms with Gasteiger partial charge < -0.3 is 9.47 Å². The zero-order chi connectivity index (χ0) is 8.79. The van der Waals surface area contributed by atoms with E-state index in [0.29, 0.717) is 18.1 Å². The Hall–Kier alpha value is -0.340. The Balaban J connectivity index is 1.74. The summed E-state index contributed by atoms with van der Waals surface area (Å²) in [5, 5.41) is 0. The van der Waals surface area contributed by atoms with E-state index < -0.39 is 0 Å². The van der Waals surface area contributed by atoms with E-state index >= 15 is 0 Å². The highest BCUT2D eigenvalue weighted by Crippen LogP contribution is 2.68. The highest BCUT2D eigenvalue weighted by Gasteiger charge is 2.72. The largest absolute Gasteiger partial charge is 0.344 e. The lowest BCUT2D eigenvalue weighted by Gasteiger charge is -2.19. The Morgan fingerprint density at radius 3 is 2.46 bits per heavy atom. The van der Waals surface area contributed by atoms with E-state index in [1.54, 1.807) is 0 Å². The van der Waals surface area contributed by atoms with Gasteiger partial charge in [0.1, 0.15) is 0 Å². The van der Waals surface area contributed by atoms with Crippen LogP contribution in [0.1, 0.15) is 13.8 Å². The Bertz CT molecular complexity index is 307. The lowest BCUT2D eigenvalue weighted by atomic mass is 10.0. The monoisotopic (exact) mass is 178 g/mol. The van der Waals surface area contributed by atoms with Crippen LogP contribution in [0.5, 0.6) is 0 Å². The summed E-state index contributed by atoms with van der Waals surface area (Å²) in [5.74, 6) is 2.84. The minimum atomic E-state index is -0.336. The summed E-state index contributed by atoms with van der Waals surface area (Å²) >= 11 is 0. The lowest BCUT2D eigenvalue weighted by molar-refractivity contribution is -0.155. The minimum absolute atomic E-state index is 0.336. The number of hydrogen-bond acceptors (Lipinski definition) is 2. The smallest absolute Gasteiger partial charge is 0.163 e. The first-order chi connectivity index (χ1) is 6.17. The van der Waals surface area contributed by atoms with Crippen LogP contribution in [0.25, 0.3) is 0 Å². The van der Waals surface area contributed by atoms with Crippen LogP contribution in [0.4, 0.5) is 0 Å². The predicted molar refractivity (Wildman–Crippen MR) is 46.9 cm³/mol. The van der Waals surface area contributed by atoms with Gasteiger partial charge in [-0.2, -0.15) is 0 Å². The molecule has 0 aromatic rings. The molecule has 2 saturated carbocycles. The molecule has 3 aliphatic carbocycles. The van der Waals surface area contributed by atoms with Crippen LogP contribution < -0.4 is 0 Å². The van der Waals surface area contributed by atoms with Crippen LogP contribution in [0, 0.1) is 23.7 Å².